The van der Waals surface area contributed by atoms with Gasteiger partial charge < -0.3 is 10.1 Å². The summed E-state index contributed by atoms with van der Waals surface area (Å²) in [6, 6.07) is 7.98. The summed E-state index contributed by atoms with van der Waals surface area (Å²) in [4.78, 5) is 18.2. The van der Waals surface area contributed by atoms with Gasteiger partial charge >= 0.3 is 0 Å². The Morgan fingerprint density at radius 2 is 1.94 bits per heavy atom. The zero-order valence-electron chi connectivity index (χ0n) is 10.1. The fourth-order valence-electron chi connectivity index (χ4n) is 1.99. The van der Waals surface area contributed by atoms with Crippen molar-refractivity contribution in [3.8, 4) is 17.3 Å². The Labute approximate surface area is 104 Å². The maximum atomic E-state index is 11.6. The molecule has 1 saturated carbocycles. The Balaban J connectivity index is 2.01. The van der Waals surface area contributed by atoms with Crippen molar-refractivity contribution in [3.63, 3.8) is 0 Å². The Morgan fingerprint density at radius 1 is 1.28 bits per heavy atom. The predicted molar refractivity (Wildman–Crippen MR) is 68.7 cm³/mol. The van der Waals surface area contributed by atoms with Gasteiger partial charge in [-0.05, 0) is 31.2 Å². The lowest BCUT2D eigenvalue weighted by Crippen LogP contribution is -2.12. The van der Waals surface area contributed by atoms with Crippen LogP contribution in [0.15, 0.2) is 29.1 Å². The molecule has 0 amide bonds. The first-order chi connectivity index (χ1) is 8.65. The van der Waals surface area contributed by atoms with E-state index in [-0.39, 0.29) is 17.0 Å². The average molecular weight is 242 g/mol. The van der Waals surface area contributed by atoms with E-state index in [1.165, 1.54) is 18.4 Å². The largest absolute Gasteiger partial charge is 0.493 e. The lowest BCUT2D eigenvalue weighted by atomic mass is 10.1. The van der Waals surface area contributed by atoms with Crippen LogP contribution in [0.4, 0.5) is 0 Å². The number of hydrogen-bond donors (Lipinski definition) is 2. The summed E-state index contributed by atoms with van der Waals surface area (Å²) in [6.45, 7) is 1.54. The fraction of sp³-hybridized carbons (Fsp3) is 0.286. The molecule has 0 bridgehead atoms. The van der Waals surface area contributed by atoms with E-state index in [1.54, 1.807) is 6.92 Å². The first-order valence-electron chi connectivity index (χ1n) is 6.05. The second-order valence-electron chi connectivity index (χ2n) is 4.76. The van der Waals surface area contributed by atoms with Crippen LogP contribution in [-0.2, 0) is 0 Å². The van der Waals surface area contributed by atoms with Gasteiger partial charge in [-0.25, -0.2) is 0 Å². The zero-order valence-corrected chi connectivity index (χ0v) is 10.1. The van der Waals surface area contributed by atoms with E-state index in [9.17, 15) is 9.90 Å². The molecule has 0 unspecified atom stereocenters. The van der Waals surface area contributed by atoms with E-state index in [4.69, 9.17) is 0 Å². The van der Waals surface area contributed by atoms with Crippen LogP contribution in [0.25, 0.3) is 11.4 Å². The van der Waals surface area contributed by atoms with Crippen molar-refractivity contribution in [2.24, 2.45) is 0 Å². The minimum atomic E-state index is -0.302. The molecule has 2 N–H and O–H groups in total. The van der Waals surface area contributed by atoms with Crippen LogP contribution in [0.1, 0.15) is 29.9 Å². The highest BCUT2D eigenvalue weighted by atomic mass is 16.3. The van der Waals surface area contributed by atoms with Crippen molar-refractivity contribution in [2.45, 2.75) is 25.7 Å². The van der Waals surface area contributed by atoms with Crippen LogP contribution in [0.5, 0.6) is 5.88 Å². The van der Waals surface area contributed by atoms with E-state index >= 15 is 0 Å². The maximum absolute atomic E-state index is 11.6. The second-order valence-corrected chi connectivity index (χ2v) is 4.76. The summed E-state index contributed by atoms with van der Waals surface area (Å²) in [5.74, 6) is 0.906. The smallest absolute Gasteiger partial charge is 0.257 e. The quantitative estimate of drug-likeness (QED) is 0.849. The van der Waals surface area contributed by atoms with Gasteiger partial charge in [0.15, 0.2) is 0 Å². The van der Waals surface area contributed by atoms with E-state index in [0.717, 1.165) is 5.56 Å². The molecule has 0 atom stereocenters. The summed E-state index contributed by atoms with van der Waals surface area (Å²) in [7, 11) is 0. The summed E-state index contributed by atoms with van der Waals surface area (Å²) in [5, 5.41) is 9.56. The zero-order chi connectivity index (χ0) is 12.7. The Hall–Kier alpha value is -2.10. The van der Waals surface area contributed by atoms with Gasteiger partial charge in [0.2, 0.25) is 5.88 Å². The van der Waals surface area contributed by atoms with Crippen molar-refractivity contribution < 1.29 is 5.11 Å². The SMILES string of the molecule is Cc1c(O)nc(-c2ccc(C3CC3)cc2)[nH]c1=O. The van der Waals surface area contributed by atoms with Gasteiger partial charge in [0.05, 0.1) is 5.56 Å². The Morgan fingerprint density at radius 3 is 2.50 bits per heavy atom. The number of H-pyrrole nitrogens is 1. The maximum Gasteiger partial charge on any atom is 0.257 e. The molecule has 1 aromatic carbocycles. The van der Waals surface area contributed by atoms with Crippen molar-refractivity contribution in [1.82, 2.24) is 9.97 Å². The van der Waals surface area contributed by atoms with Gasteiger partial charge in [0.25, 0.3) is 5.56 Å². The van der Waals surface area contributed by atoms with Gasteiger partial charge in [-0.15, -0.1) is 0 Å². The predicted octanol–water partition coefficient (Wildman–Crippen LogP) is 2.33. The van der Waals surface area contributed by atoms with Gasteiger partial charge in [-0.2, -0.15) is 4.98 Å². The van der Waals surface area contributed by atoms with E-state index in [0.29, 0.717) is 11.7 Å². The molecule has 0 saturated heterocycles. The molecule has 0 radical (unpaired) electrons. The molecule has 1 aromatic heterocycles. The van der Waals surface area contributed by atoms with Gasteiger partial charge in [0, 0.05) is 5.56 Å². The number of aromatic nitrogens is 2. The standard InChI is InChI=1S/C14H14N2O2/c1-8-13(17)15-12(16-14(8)18)11-6-4-10(5-7-11)9-2-3-9/h4-7,9H,2-3H2,1H3,(H2,15,16,17,18). The van der Waals surface area contributed by atoms with Crippen molar-refractivity contribution >= 4 is 0 Å². The number of nitrogens with zero attached hydrogens (tertiary/aromatic N) is 1. The molecule has 0 spiro atoms. The summed E-state index contributed by atoms with van der Waals surface area (Å²) >= 11 is 0. The van der Waals surface area contributed by atoms with E-state index < -0.39 is 0 Å². The van der Waals surface area contributed by atoms with Crippen molar-refractivity contribution in [1.29, 1.82) is 0 Å². The molecule has 2 aromatic rings. The van der Waals surface area contributed by atoms with Crippen LogP contribution in [0.2, 0.25) is 0 Å². The minimum absolute atomic E-state index is 0.208. The molecule has 18 heavy (non-hydrogen) atoms. The van der Waals surface area contributed by atoms with Crippen molar-refractivity contribution in [3.05, 3.63) is 45.7 Å². The molecule has 3 rings (SSSR count). The number of aromatic hydroxyl groups is 1. The summed E-state index contributed by atoms with van der Waals surface area (Å²) in [5.41, 5.74) is 2.08. The van der Waals surface area contributed by atoms with Crippen LogP contribution in [-0.4, -0.2) is 15.1 Å². The third kappa shape index (κ3) is 1.90. The van der Waals surface area contributed by atoms with Gasteiger partial charge in [0.1, 0.15) is 5.82 Å². The second kappa shape index (κ2) is 3.98. The number of benzene rings is 1. The third-order valence-electron chi connectivity index (χ3n) is 3.36. The van der Waals surface area contributed by atoms with Crippen LogP contribution < -0.4 is 5.56 Å². The number of aromatic amines is 1. The number of nitrogens with one attached hydrogen (secondary N) is 1. The van der Waals surface area contributed by atoms with Gasteiger partial charge in [-0.1, -0.05) is 24.3 Å². The minimum Gasteiger partial charge on any atom is -0.493 e. The van der Waals surface area contributed by atoms with Crippen LogP contribution in [0, 0.1) is 6.92 Å². The van der Waals surface area contributed by atoms with Crippen LogP contribution in [0.3, 0.4) is 0 Å². The lowest BCUT2D eigenvalue weighted by molar-refractivity contribution is 0.447. The third-order valence-corrected chi connectivity index (χ3v) is 3.36. The number of rotatable bonds is 2. The molecule has 0 aliphatic heterocycles. The Bertz CT molecular complexity index is 640. The fourth-order valence-corrected chi connectivity index (χ4v) is 1.99. The van der Waals surface area contributed by atoms with E-state index in [1.807, 2.05) is 12.1 Å². The molecule has 1 heterocycles. The average Bonchev–Trinajstić information content (AvgIpc) is 3.20. The van der Waals surface area contributed by atoms with Crippen LogP contribution >= 0.6 is 0 Å². The molecule has 1 aliphatic carbocycles. The van der Waals surface area contributed by atoms with E-state index in [2.05, 4.69) is 22.1 Å². The molecular formula is C14H14N2O2. The lowest BCUT2D eigenvalue weighted by Gasteiger charge is -2.04. The first-order valence-corrected chi connectivity index (χ1v) is 6.05. The Kier molecular flexibility index (Phi) is 2.44. The van der Waals surface area contributed by atoms with Gasteiger partial charge in [-0.3, -0.25) is 4.79 Å². The highest BCUT2D eigenvalue weighted by molar-refractivity contribution is 5.56. The molecule has 1 aliphatic rings. The highest BCUT2D eigenvalue weighted by Crippen LogP contribution is 2.40. The number of hydrogen-bond acceptors (Lipinski definition) is 3. The van der Waals surface area contributed by atoms with Crippen molar-refractivity contribution in [2.75, 3.05) is 0 Å². The first kappa shape index (κ1) is 11.0. The summed E-state index contributed by atoms with van der Waals surface area (Å²) in [6.07, 6.45) is 2.53. The monoisotopic (exact) mass is 242 g/mol. The molecule has 92 valence electrons. The topological polar surface area (TPSA) is 66.0 Å². The highest BCUT2D eigenvalue weighted by Gasteiger charge is 2.23. The molecule has 4 heteroatoms. The molecule has 4 nitrogen and oxygen atoms in total. The summed E-state index contributed by atoms with van der Waals surface area (Å²) < 4.78 is 0. The molecular weight excluding hydrogens is 228 g/mol. The molecule has 1 fully saturated rings. The normalized spacial score (nSPS) is 14.7.